The number of ether oxygens (including phenoxy) is 1. The molecule has 2 aromatic rings. The summed E-state index contributed by atoms with van der Waals surface area (Å²) in [5, 5.41) is 12.6. The van der Waals surface area contributed by atoms with Gasteiger partial charge in [0.1, 0.15) is 6.61 Å². The maximum Gasteiger partial charge on any atom is 0.346 e. The van der Waals surface area contributed by atoms with Crippen molar-refractivity contribution in [3.05, 3.63) is 56.5 Å². The van der Waals surface area contributed by atoms with E-state index in [1.54, 1.807) is 0 Å². The lowest BCUT2D eigenvalue weighted by Crippen LogP contribution is -1.99. The van der Waals surface area contributed by atoms with Gasteiger partial charge in [0, 0.05) is 4.88 Å². The number of para-hydroxylation sites is 1. The minimum atomic E-state index is -0.890. The fourth-order valence-corrected chi connectivity index (χ4v) is 1.95. The first-order valence-corrected chi connectivity index (χ1v) is 5.64. The van der Waals surface area contributed by atoms with Gasteiger partial charge < -0.3 is 4.74 Å². The van der Waals surface area contributed by atoms with Gasteiger partial charge >= 0.3 is 5.69 Å². The van der Waals surface area contributed by atoms with E-state index in [4.69, 9.17) is 4.74 Å². The first-order chi connectivity index (χ1) is 8.18. The van der Waals surface area contributed by atoms with Crippen LogP contribution in [0, 0.1) is 15.9 Å². The van der Waals surface area contributed by atoms with Gasteiger partial charge in [-0.1, -0.05) is 12.1 Å². The number of thiophene rings is 1. The van der Waals surface area contributed by atoms with E-state index in [-0.39, 0.29) is 12.4 Å². The van der Waals surface area contributed by atoms with Crippen LogP contribution in [0.25, 0.3) is 0 Å². The van der Waals surface area contributed by atoms with Crippen LogP contribution in [0.15, 0.2) is 35.7 Å². The molecule has 6 heteroatoms. The predicted molar refractivity (Wildman–Crippen MR) is 61.7 cm³/mol. The fraction of sp³-hybridized carbons (Fsp3) is 0.0909. The molecule has 0 N–H and O–H groups in total. The molecule has 4 nitrogen and oxygen atoms in total. The molecule has 0 aliphatic carbocycles. The molecule has 0 atom stereocenters. The van der Waals surface area contributed by atoms with Gasteiger partial charge in [-0.3, -0.25) is 10.1 Å². The monoisotopic (exact) mass is 253 g/mol. The average Bonchev–Trinajstić information content (AvgIpc) is 2.78. The molecular weight excluding hydrogens is 245 g/mol. The lowest BCUT2D eigenvalue weighted by atomic mass is 10.3. The standard InChI is InChI=1S/C11H8FNO3S/c12-9-4-1-5-10(11(9)13(14)15)16-7-8-3-2-6-17-8/h1-6H,7H2. The average molecular weight is 253 g/mol. The van der Waals surface area contributed by atoms with Crippen molar-refractivity contribution >= 4 is 17.0 Å². The summed E-state index contributed by atoms with van der Waals surface area (Å²) in [7, 11) is 0. The van der Waals surface area contributed by atoms with Gasteiger partial charge in [0.25, 0.3) is 0 Å². The maximum atomic E-state index is 13.2. The topological polar surface area (TPSA) is 52.4 Å². The molecule has 0 amide bonds. The number of rotatable bonds is 4. The van der Waals surface area contributed by atoms with Crippen LogP contribution in [0.4, 0.5) is 10.1 Å². The molecule has 1 aromatic carbocycles. The molecule has 88 valence electrons. The highest BCUT2D eigenvalue weighted by atomic mass is 32.1. The molecule has 0 aliphatic rings. The van der Waals surface area contributed by atoms with E-state index < -0.39 is 16.4 Å². The smallest absolute Gasteiger partial charge is 0.346 e. The summed E-state index contributed by atoms with van der Waals surface area (Å²) in [5.41, 5.74) is -0.621. The van der Waals surface area contributed by atoms with E-state index in [2.05, 4.69) is 0 Å². The van der Waals surface area contributed by atoms with Gasteiger partial charge in [-0.2, -0.15) is 4.39 Å². The van der Waals surface area contributed by atoms with E-state index in [0.717, 1.165) is 10.9 Å². The van der Waals surface area contributed by atoms with Crippen LogP contribution < -0.4 is 4.74 Å². The van der Waals surface area contributed by atoms with Crippen molar-refractivity contribution in [2.75, 3.05) is 0 Å². The van der Waals surface area contributed by atoms with Crippen LogP contribution in [0.3, 0.4) is 0 Å². The molecule has 1 heterocycles. The zero-order chi connectivity index (χ0) is 12.3. The Morgan fingerprint density at radius 3 is 2.82 bits per heavy atom. The molecule has 0 unspecified atom stereocenters. The van der Waals surface area contributed by atoms with E-state index in [0.29, 0.717) is 0 Å². The number of hydrogen-bond acceptors (Lipinski definition) is 4. The van der Waals surface area contributed by atoms with Crippen LogP contribution in [-0.2, 0) is 6.61 Å². The molecule has 0 saturated heterocycles. The SMILES string of the molecule is O=[N+]([O-])c1c(F)cccc1OCc1cccs1. The largest absolute Gasteiger partial charge is 0.481 e. The molecule has 0 saturated carbocycles. The molecule has 1 aromatic heterocycles. The molecule has 17 heavy (non-hydrogen) atoms. The molecule has 2 rings (SSSR count). The van der Waals surface area contributed by atoms with Crippen molar-refractivity contribution in [3.63, 3.8) is 0 Å². The van der Waals surface area contributed by atoms with Gasteiger partial charge in [-0.15, -0.1) is 11.3 Å². The van der Waals surface area contributed by atoms with Crippen LogP contribution >= 0.6 is 11.3 Å². The Morgan fingerprint density at radius 2 is 2.18 bits per heavy atom. The Bertz CT molecular complexity index is 528. The van der Waals surface area contributed by atoms with Crippen LogP contribution in [0.5, 0.6) is 5.75 Å². The zero-order valence-electron chi connectivity index (χ0n) is 8.63. The van der Waals surface area contributed by atoms with Crippen molar-refractivity contribution in [2.45, 2.75) is 6.61 Å². The third-order valence-electron chi connectivity index (χ3n) is 2.08. The molecular formula is C11H8FNO3S. The van der Waals surface area contributed by atoms with E-state index in [9.17, 15) is 14.5 Å². The van der Waals surface area contributed by atoms with E-state index in [1.165, 1.54) is 23.5 Å². The molecule has 0 fully saturated rings. The number of nitro groups is 1. The third-order valence-corrected chi connectivity index (χ3v) is 2.93. The summed E-state index contributed by atoms with van der Waals surface area (Å²) in [6.07, 6.45) is 0. The van der Waals surface area contributed by atoms with Crippen LogP contribution in [0.1, 0.15) is 4.88 Å². The van der Waals surface area contributed by atoms with Gasteiger partial charge in [0.2, 0.25) is 11.6 Å². The minimum Gasteiger partial charge on any atom is -0.481 e. The Balaban J connectivity index is 2.21. The van der Waals surface area contributed by atoms with Gasteiger partial charge in [-0.25, -0.2) is 0 Å². The fourth-order valence-electron chi connectivity index (χ4n) is 1.33. The summed E-state index contributed by atoms with van der Waals surface area (Å²) in [5.74, 6) is -0.943. The number of nitrogens with zero attached hydrogens (tertiary/aromatic N) is 1. The number of halogens is 1. The Kier molecular flexibility index (Phi) is 3.34. The summed E-state index contributed by atoms with van der Waals surface area (Å²) < 4.78 is 18.5. The van der Waals surface area contributed by atoms with Crippen molar-refractivity contribution in [3.8, 4) is 5.75 Å². The van der Waals surface area contributed by atoms with Crippen molar-refractivity contribution in [1.82, 2.24) is 0 Å². The highest BCUT2D eigenvalue weighted by molar-refractivity contribution is 7.09. The van der Waals surface area contributed by atoms with Crippen LogP contribution in [0.2, 0.25) is 0 Å². The predicted octanol–water partition coefficient (Wildman–Crippen LogP) is 3.37. The summed E-state index contributed by atoms with van der Waals surface area (Å²) >= 11 is 1.47. The molecule has 0 radical (unpaired) electrons. The Morgan fingerprint density at radius 1 is 1.35 bits per heavy atom. The van der Waals surface area contributed by atoms with Gasteiger partial charge in [0.15, 0.2) is 0 Å². The Hall–Kier alpha value is -1.95. The number of benzene rings is 1. The highest BCUT2D eigenvalue weighted by Gasteiger charge is 2.21. The molecule has 0 bridgehead atoms. The normalized spacial score (nSPS) is 10.2. The van der Waals surface area contributed by atoms with Crippen molar-refractivity contribution in [1.29, 1.82) is 0 Å². The van der Waals surface area contributed by atoms with Crippen molar-refractivity contribution in [2.24, 2.45) is 0 Å². The molecule has 0 spiro atoms. The van der Waals surface area contributed by atoms with E-state index in [1.807, 2.05) is 17.5 Å². The quantitative estimate of drug-likeness (QED) is 0.620. The maximum absolute atomic E-state index is 13.2. The zero-order valence-corrected chi connectivity index (χ0v) is 9.45. The number of nitro benzene ring substituents is 1. The Labute approximate surface area is 100 Å². The first-order valence-electron chi connectivity index (χ1n) is 4.76. The summed E-state index contributed by atoms with van der Waals surface area (Å²) in [6, 6.07) is 7.50. The lowest BCUT2D eigenvalue weighted by molar-refractivity contribution is -0.388. The van der Waals surface area contributed by atoms with Gasteiger partial charge in [-0.05, 0) is 23.6 Å². The third kappa shape index (κ3) is 2.59. The highest BCUT2D eigenvalue weighted by Crippen LogP contribution is 2.30. The lowest BCUT2D eigenvalue weighted by Gasteiger charge is -2.05. The van der Waals surface area contributed by atoms with E-state index >= 15 is 0 Å². The van der Waals surface area contributed by atoms with Crippen molar-refractivity contribution < 1.29 is 14.1 Å². The second kappa shape index (κ2) is 4.92. The van der Waals surface area contributed by atoms with Crippen LogP contribution in [-0.4, -0.2) is 4.92 Å². The minimum absolute atomic E-state index is 0.0524. The first kappa shape index (κ1) is 11.5. The molecule has 0 aliphatic heterocycles. The number of hydrogen-bond donors (Lipinski definition) is 0. The van der Waals surface area contributed by atoms with Gasteiger partial charge in [0.05, 0.1) is 4.92 Å². The summed E-state index contributed by atoms with van der Waals surface area (Å²) in [4.78, 5) is 10.8. The second-order valence-corrected chi connectivity index (χ2v) is 4.24. The second-order valence-electron chi connectivity index (χ2n) is 3.21. The summed E-state index contributed by atoms with van der Waals surface area (Å²) in [6.45, 7) is 0.196.